The molecule has 0 unspecified atom stereocenters. The molecular weight excluding hydrogens is 550 g/mol. The molecule has 218 valence electrons. The Morgan fingerprint density at radius 1 is 1.00 bits per heavy atom. The summed E-state index contributed by atoms with van der Waals surface area (Å²) in [5.74, 6) is -2.07. The monoisotopic (exact) mass is 579 g/mol. The Labute approximate surface area is 240 Å². The van der Waals surface area contributed by atoms with Crippen LogP contribution < -0.4 is 10.2 Å². The average molecular weight is 580 g/mol. The van der Waals surface area contributed by atoms with Crippen molar-refractivity contribution in [1.29, 1.82) is 0 Å². The highest BCUT2D eigenvalue weighted by atomic mass is 19.4. The van der Waals surface area contributed by atoms with Gasteiger partial charge in [-0.2, -0.15) is 18.3 Å². The standard InChI is InChI=1S/C31H29F4N5O2/c1-4-39-29-26(24(18-38(2)3)37-40(29)23-11-6-5-7-12-23)25(19-13-15-22(32)16-14-19)27(30(39)42)36-28(41)20-9-8-10-21(17-20)31(33,34)35/h5-17,25,27H,4,18H2,1-3H3,(H,36,41)/t25-,27-/m0/s1. The van der Waals surface area contributed by atoms with Crippen molar-refractivity contribution >= 4 is 17.6 Å². The Morgan fingerprint density at radius 3 is 2.31 bits per heavy atom. The molecule has 0 spiro atoms. The summed E-state index contributed by atoms with van der Waals surface area (Å²) < 4.78 is 55.9. The largest absolute Gasteiger partial charge is 0.416 e. The number of nitrogens with zero attached hydrogens (tertiary/aromatic N) is 4. The van der Waals surface area contributed by atoms with E-state index in [0.29, 0.717) is 34.9 Å². The number of rotatable bonds is 7. The van der Waals surface area contributed by atoms with Gasteiger partial charge in [0.15, 0.2) is 0 Å². The number of carbonyl (C=O) groups is 2. The summed E-state index contributed by atoms with van der Waals surface area (Å²) in [6.07, 6.45) is -4.64. The molecule has 0 radical (unpaired) electrons. The van der Waals surface area contributed by atoms with Gasteiger partial charge in [-0.1, -0.05) is 36.4 Å². The highest BCUT2D eigenvalue weighted by molar-refractivity contribution is 6.05. The van der Waals surface area contributed by atoms with E-state index in [0.717, 1.165) is 18.2 Å². The Kier molecular flexibility index (Phi) is 7.87. The third-order valence-corrected chi connectivity index (χ3v) is 7.16. The second-order valence-corrected chi connectivity index (χ2v) is 10.3. The van der Waals surface area contributed by atoms with Crippen molar-refractivity contribution in [3.05, 3.63) is 113 Å². The molecule has 0 fully saturated rings. The Hall–Kier alpha value is -4.51. The number of fused-ring (bicyclic) bond motifs is 1. The molecule has 7 nitrogen and oxygen atoms in total. The van der Waals surface area contributed by atoms with Crippen LogP contribution in [-0.2, 0) is 17.5 Å². The van der Waals surface area contributed by atoms with Crippen LogP contribution in [0.5, 0.6) is 0 Å². The molecule has 0 bridgehead atoms. The number of para-hydroxylation sites is 1. The molecule has 5 rings (SSSR count). The molecule has 1 aromatic heterocycles. The van der Waals surface area contributed by atoms with Crippen molar-refractivity contribution in [3.8, 4) is 5.69 Å². The van der Waals surface area contributed by atoms with E-state index in [1.54, 1.807) is 23.7 Å². The van der Waals surface area contributed by atoms with Gasteiger partial charge in [0.1, 0.15) is 17.7 Å². The molecule has 2 amide bonds. The van der Waals surface area contributed by atoms with Gasteiger partial charge in [-0.15, -0.1) is 0 Å². The number of alkyl halides is 3. The number of anilines is 1. The van der Waals surface area contributed by atoms with E-state index in [4.69, 9.17) is 5.10 Å². The fourth-order valence-corrected chi connectivity index (χ4v) is 5.33. The average Bonchev–Trinajstić information content (AvgIpc) is 3.32. The van der Waals surface area contributed by atoms with E-state index in [9.17, 15) is 27.2 Å². The summed E-state index contributed by atoms with van der Waals surface area (Å²) >= 11 is 0. The predicted octanol–water partition coefficient (Wildman–Crippen LogP) is 5.39. The maximum Gasteiger partial charge on any atom is 0.416 e. The van der Waals surface area contributed by atoms with Crippen LogP contribution >= 0.6 is 0 Å². The molecular formula is C31H29F4N5O2. The molecule has 0 aliphatic carbocycles. The molecule has 2 heterocycles. The Balaban J connectivity index is 1.70. The minimum atomic E-state index is -4.64. The van der Waals surface area contributed by atoms with Crippen LogP contribution in [0, 0.1) is 5.82 Å². The van der Waals surface area contributed by atoms with E-state index < -0.39 is 41.3 Å². The molecule has 1 aliphatic rings. The molecule has 42 heavy (non-hydrogen) atoms. The van der Waals surface area contributed by atoms with Crippen molar-refractivity contribution < 1.29 is 27.2 Å². The fraction of sp³-hybridized carbons (Fsp3) is 0.258. The first kappa shape index (κ1) is 29.0. The van der Waals surface area contributed by atoms with E-state index in [2.05, 4.69) is 5.32 Å². The SMILES string of the molecule is CCN1C(=O)[C@@H](NC(=O)c2cccc(C(F)(F)F)c2)[C@@H](c2ccc(F)cc2)c2c(CN(C)C)nn(-c3ccccc3)c21. The topological polar surface area (TPSA) is 70.5 Å². The number of nitrogens with one attached hydrogen (secondary N) is 1. The first-order chi connectivity index (χ1) is 20.0. The van der Waals surface area contributed by atoms with E-state index in [1.807, 2.05) is 49.3 Å². The lowest BCUT2D eigenvalue weighted by molar-refractivity contribution is -0.137. The van der Waals surface area contributed by atoms with Crippen LogP contribution in [0.3, 0.4) is 0 Å². The molecule has 11 heteroatoms. The normalized spacial score (nSPS) is 17.0. The molecule has 1 N–H and O–H groups in total. The van der Waals surface area contributed by atoms with Crippen molar-refractivity contribution in [1.82, 2.24) is 20.0 Å². The maximum absolute atomic E-state index is 14.2. The summed E-state index contributed by atoms with van der Waals surface area (Å²) in [6, 6.07) is 17.7. The quantitative estimate of drug-likeness (QED) is 0.298. The second-order valence-electron chi connectivity index (χ2n) is 10.3. The zero-order valence-corrected chi connectivity index (χ0v) is 23.2. The van der Waals surface area contributed by atoms with Gasteiger partial charge in [-0.25, -0.2) is 9.07 Å². The van der Waals surface area contributed by atoms with Crippen molar-refractivity contribution in [2.45, 2.75) is 31.6 Å². The first-order valence-electron chi connectivity index (χ1n) is 13.4. The van der Waals surface area contributed by atoms with Gasteiger partial charge in [0, 0.05) is 30.1 Å². The number of benzene rings is 3. The summed E-state index contributed by atoms with van der Waals surface area (Å²) in [6.45, 7) is 2.41. The predicted molar refractivity (Wildman–Crippen MR) is 150 cm³/mol. The Bertz CT molecular complexity index is 1600. The molecule has 0 saturated carbocycles. The van der Waals surface area contributed by atoms with Crippen LogP contribution in [0.15, 0.2) is 78.9 Å². The van der Waals surface area contributed by atoms with Crippen molar-refractivity contribution in [2.75, 3.05) is 25.5 Å². The van der Waals surface area contributed by atoms with Gasteiger partial charge in [0.05, 0.1) is 16.9 Å². The van der Waals surface area contributed by atoms with Crippen molar-refractivity contribution in [3.63, 3.8) is 0 Å². The van der Waals surface area contributed by atoms with Crippen LogP contribution in [0.1, 0.15) is 45.6 Å². The minimum Gasteiger partial charge on any atom is -0.339 e. The third-order valence-electron chi connectivity index (χ3n) is 7.16. The lowest BCUT2D eigenvalue weighted by Crippen LogP contribution is -2.55. The summed E-state index contributed by atoms with van der Waals surface area (Å²) in [5.41, 5.74) is 1.35. The summed E-state index contributed by atoms with van der Waals surface area (Å²) in [4.78, 5) is 31.0. The molecule has 1 aliphatic heterocycles. The number of hydrogen-bond acceptors (Lipinski definition) is 4. The van der Waals surface area contributed by atoms with Gasteiger partial charge in [0.25, 0.3) is 11.8 Å². The lowest BCUT2D eigenvalue weighted by atomic mass is 9.80. The second kappa shape index (κ2) is 11.4. The maximum atomic E-state index is 14.2. The smallest absolute Gasteiger partial charge is 0.339 e. The van der Waals surface area contributed by atoms with Gasteiger partial charge < -0.3 is 10.2 Å². The molecule has 0 saturated heterocycles. The highest BCUT2D eigenvalue weighted by Gasteiger charge is 2.46. The van der Waals surface area contributed by atoms with Gasteiger partial charge in [0.2, 0.25) is 0 Å². The van der Waals surface area contributed by atoms with Gasteiger partial charge in [-0.3, -0.25) is 14.5 Å². The molecule has 4 aromatic rings. The number of aromatic nitrogens is 2. The van der Waals surface area contributed by atoms with Crippen LogP contribution in [0.2, 0.25) is 0 Å². The van der Waals surface area contributed by atoms with Crippen molar-refractivity contribution in [2.24, 2.45) is 0 Å². The zero-order valence-electron chi connectivity index (χ0n) is 23.2. The number of carbonyl (C=O) groups excluding carboxylic acids is 2. The number of likely N-dealkylation sites (N-methyl/N-ethyl adjacent to an activating group) is 1. The summed E-state index contributed by atoms with van der Waals surface area (Å²) in [7, 11) is 3.75. The van der Waals surface area contributed by atoms with Gasteiger partial charge in [-0.05, 0) is 69.0 Å². The van der Waals surface area contributed by atoms with Crippen LogP contribution in [-0.4, -0.2) is 53.2 Å². The number of halogens is 4. The summed E-state index contributed by atoms with van der Waals surface area (Å²) in [5, 5.41) is 7.63. The van der Waals surface area contributed by atoms with Crippen LogP contribution in [0.4, 0.5) is 23.4 Å². The lowest BCUT2D eigenvalue weighted by Gasteiger charge is -2.38. The van der Waals surface area contributed by atoms with Gasteiger partial charge >= 0.3 is 6.18 Å². The molecule has 2 atom stereocenters. The number of hydrogen-bond donors (Lipinski definition) is 1. The highest BCUT2D eigenvalue weighted by Crippen LogP contribution is 2.44. The van der Waals surface area contributed by atoms with E-state index >= 15 is 0 Å². The van der Waals surface area contributed by atoms with E-state index in [-0.39, 0.29) is 12.1 Å². The third kappa shape index (κ3) is 5.52. The van der Waals surface area contributed by atoms with E-state index in [1.165, 1.54) is 23.1 Å². The number of amides is 2. The Morgan fingerprint density at radius 2 is 1.69 bits per heavy atom. The minimum absolute atomic E-state index is 0.234. The first-order valence-corrected chi connectivity index (χ1v) is 13.4. The zero-order chi connectivity index (χ0) is 30.2. The van der Waals surface area contributed by atoms with Crippen LogP contribution in [0.25, 0.3) is 5.69 Å². The fourth-order valence-electron chi connectivity index (χ4n) is 5.33. The molecule has 3 aromatic carbocycles.